The van der Waals surface area contributed by atoms with Crippen LogP contribution in [-0.2, 0) is 6.54 Å². The number of halogens is 1. The lowest BCUT2D eigenvalue weighted by molar-refractivity contribution is 0.116. The van der Waals surface area contributed by atoms with Gasteiger partial charge >= 0.3 is 0 Å². The van der Waals surface area contributed by atoms with Crippen LogP contribution in [0.5, 0.6) is 0 Å². The number of anilines is 1. The molecule has 0 unspecified atom stereocenters. The van der Waals surface area contributed by atoms with Crippen LogP contribution in [0.25, 0.3) is 0 Å². The quantitative estimate of drug-likeness (QED) is 0.848. The number of nitrogens with one attached hydrogen (secondary N) is 1. The molecule has 1 aromatic rings. The Kier molecular flexibility index (Phi) is 6.07. The number of rotatable bonds is 6. The predicted octanol–water partition coefficient (Wildman–Crippen LogP) is 2.90. The molecule has 2 N–H and O–H groups in total. The van der Waals surface area contributed by atoms with Gasteiger partial charge in [-0.3, -0.25) is 4.90 Å². The van der Waals surface area contributed by atoms with Crippen molar-refractivity contribution in [3.05, 3.63) is 22.8 Å². The van der Waals surface area contributed by atoms with E-state index in [9.17, 15) is 5.11 Å². The van der Waals surface area contributed by atoms with Gasteiger partial charge < -0.3 is 10.4 Å². The van der Waals surface area contributed by atoms with Gasteiger partial charge in [-0.2, -0.15) is 0 Å². The fourth-order valence-electron chi connectivity index (χ4n) is 2.89. The maximum Gasteiger partial charge on any atom is 0.126 e. The summed E-state index contributed by atoms with van der Waals surface area (Å²) in [6, 6.07) is 4.31. The first-order valence-corrected chi connectivity index (χ1v) is 7.80. The van der Waals surface area contributed by atoms with Gasteiger partial charge in [-0.25, -0.2) is 4.98 Å². The minimum atomic E-state index is 0.180. The minimum Gasteiger partial charge on any atom is -0.395 e. The molecule has 0 atom stereocenters. The van der Waals surface area contributed by atoms with Gasteiger partial charge in [-0.1, -0.05) is 30.9 Å². The number of hydrogen-bond acceptors (Lipinski definition) is 4. The van der Waals surface area contributed by atoms with E-state index < -0.39 is 0 Å². The summed E-state index contributed by atoms with van der Waals surface area (Å²) in [6.45, 7) is 1.58. The van der Waals surface area contributed by atoms with Gasteiger partial charge in [-0.05, 0) is 25.0 Å². The molecule has 0 spiro atoms. The smallest absolute Gasteiger partial charge is 0.126 e. The van der Waals surface area contributed by atoms with Crippen LogP contribution < -0.4 is 5.32 Å². The summed E-state index contributed by atoms with van der Waals surface area (Å²) in [5, 5.41) is 13.0. The fraction of sp³-hybridized carbons (Fsp3) is 0.667. The van der Waals surface area contributed by atoms with Crippen molar-refractivity contribution in [3.8, 4) is 0 Å². The maximum absolute atomic E-state index is 9.31. The molecule has 1 aliphatic rings. The molecule has 2 rings (SSSR count). The number of hydrogen-bond donors (Lipinski definition) is 2. The highest BCUT2D eigenvalue weighted by Crippen LogP contribution is 2.25. The highest BCUT2D eigenvalue weighted by atomic mass is 35.5. The molecule has 1 heterocycles. The second kappa shape index (κ2) is 7.81. The third-order valence-electron chi connectivity index (χ3n) is 4.01. The molecule has 112 valence electrons. The molecule has 0 saturated heterocycles. The Morgan fingerprint density at radius 1 is 1.35 bits per heavy atom. The molecule has 1 fully saturated rings. The summed E-state index contributed by atoms with van der Waals surface area (Å²) in [6.07, 6.45) is 6.32. The van der Waals surface area contributed by atoms with Crippen LogP contribution in [0, 0.1) is 0 Å². The highest BCUT2D eigenvalue weighted by Gasteiger charge is 2.22. The summed E-state index contributed by atoms with van der Waals surface area (Å²) in [5.41, 5.74) is 0.887. The lowest BCUT2D eigenvalue weighted by Crippen LogP contribution is -2.38. The molecule has 0 bridgehead atoms. The molecule has 0 amide bonds. The van der Waals surface area contributed by atoms with Crippen LogP contribution in [0.1, 0.15) is 37.8 Å². The van der Waals surface area contributed by atoms with Crippen LogP contribution in [0.3, 0.4) is 0 Å². The largest absolute Gasteiger partial charge is 0.395 e. The highest BCUT2D eigenvalue weighted by molar-refractivity contribution is 6.31. The van der Waals surface area contributed by atoms with Crippen LogP contribution in [0.2, 0.25) is 5.02 Å². The normalized spacial score (nSPS) is 16.6. The molecule has 0 aliphatic heterocycles. The zero-order chi connectivity index (χ0) is 14.4. The molecule has 0 radical (unpaired) electrons. The van der Waals surface area contributed by atoms with E-state index in [1.807, 2.05) is 19.2 Å². The van der Waals surface area contributed by atoms with Crippen molar-refractivity contribution >= 4 is 17.4 Å². The molecule has 1 aromatic heterocycles. The second-order valence-corrected chi connectivity index (χ2v) is 5.77. The Morgan fingerprint density at radius 3 is 2.75 bits per heavy atom. The van der Waals surface area contributed by atoms with E-state index in [-0.39, 0.29) is 6.61 Å². The Hall–Kier alpha value is -0.840. The second-order valence-electron chi connectivity index (χ2n) is 5.36. The van der Waals surface area contributed by atoms with E-state index in [2.05, 4.69) is 15.2 Å². The van der Waals surface area contributed by atoms with Gasteiger partial charge in [0.25, 0.3) is 0 Å². The standard InChI is InChI=1S/C15H24ClN3O/c1-17-15-8-7-13(16)14(18-15)11-19(9-10-20)12-5-3-2-4-6-12/h7-8,12,20H,2-6,9-11H2,1H3,(H,17,18). The molecular formula is C15H24ClN3O. The summed E-state index contributed by atoms with van der Waals surface area (Å²) < 4.78 is 0. The Morgan fingerprint density at radius 2 is 2.10 bits per heavy atom. The molecular weight excluding hydrogens is 274 g/mol. The zero-order valence-electron chi connectivity index (χ0n) is 12.1. The Bertz CT molecular complexity index is 422. The van der Waals surface area contributed by atoms with E-state index in [0.717, 1.165) is 11.5 Å². The fourth-order valence-corrected chi connectivity index (χ4v) is 3.06. The molecule has 1 aliphatic carbocycles. The van der Waals surface area contributed by atoms with E-state index in [4.69, 9.17) is 11.6 Å². The van der Waals surface area contributed by atoms with E-state index in [1.165, 1.54) is 32.1 Å². The third kappa shape index (κ3) is 4.08. The van der Waals surface area contributed by atoms with Gasteiger partial charge in [0, 0.05) is 26.2 Å². The number of aromatic nitrogens is 1. The summed E-state index contributed by atoms with van der Waals surface area (Å²) >= 11 is 6.26. The topological polar surface area (TPSA) is 48.4 Å². The molecule has 1 saturated carbocycles. The maximum atomic E-state index is 9.31. The molecule has 0 aromatic carbocycles. The number of nitrogens with zero attached hydrogens (tertiary/aromatic N) is 2. The average Bonchev–Trinajstić information content (AvgIpc) is 2.49. The van der Waals surface area contributed by atoms with Crippen molar-refractivity contribution in [2.24, 2.45) is 0 Å². The van der Waals surface area contributed by atoms with E-state index in [1.54, 1.807) is 0 Å². The number of pyridine rings is 1. The van der Waals surface area contributed by atoms with Crippen molar-refractivity contribution in [1.29, 1.82) is 0 Å². The van der Waals surface area contributed by atoms with Crippen LogP contribution >= 0.6 is 11.6 Å². The van der Waals surface area contributed by atoms with Crippen molar-refractivity contribution in [2.75, 3.05) is 25.5 Å². The molecule has 4 nitrogen and oxygen atoms in total. The lowest BCUT2D eigenvalue weighted by Gasteiger charge is -2.33. The Labute approximate surface area is 126 Å². The van der Waals surface area contributed by atoms with Crippen molar-refractivity contribution < 1.29 is 5.11 Å². The van der Waals surface area contributed by atoms with Gasteiger partial charge in [0.05, 0.1) is 17.3 Å². The van der Waals surface area contributed by atoms with Gasteiger partial charge in [0.15, 0.2) is 0 Å². The van der Waals surface area contributed by atoms with E-state index >= 15 is 0 Å². The first-order valence-electron chi connectivity index (χ1n) is 7.42. The average molecular weight is 298 g/mol. The van der Waals surface area contributed by atoms with Gasteiger partial charge in [0.2, 0.25) is 0 Å². The third-order valence-corrected chi connectivity index (χ3v) is 4.35. The lowest BCUT2D eigenvalue weighted by atomic mass is 9.94. The first-order chi connectivity index (χ1) is 9.74. The summed E-state index contributed by atoms with van der Waals surface area (Å²) in [7, 11) is 1.85. The van der Waals surface area contributed by atoms with E-state index in [0.29, 0.717) is 24.2 Å². The van der Waals surface area contributed by atoms with Crippen LogP contribution in [-0.4, -0.2) is 41.2 Å². The summed E-state index contributed by atoms with van der Waals surface area (Å²) in [5.74, 6) is 0.831. The van der Waals surface area contributed by atoms with Gasteiger partial charge in [0.1, 0.15) is 5.82 Å². The molecule has 20 heavy (non-hydrogen) atoms. The van der Waals surface area contributed by atoms with Gasteiger partial charge in [-0.15, -0.1) is 0 Å². The predicted molar refractivity (Wildman–Crippen MR) is 83.2 cm³/mol. The van der Waals surface area contributed by atoms with Crippen molar-refractivity contribution in [3.63, 3.8) is 0 Å². The monoisotopic (exact) mass is 297 g/mol. The van der Waals surface area contributed by atoms with Crippen molar-refractivity contribution in [1.82, 2.24) is 9.88 Å². The number of aliphatic hydroxyl groups excluding tert-OH is 1. The summed E-state index contributed by atoms with van der Waals surface area (Å²) in [4.78, 5) is 6.87. The SMILES string of the molecule is CNc1ccc(Cl)c(CN(CCO)C2CCCCC2)n1. The molecule has 5 heteroatoms. The number of aliphatic hydroxyl groups is 1. The van der Waals surface area contributed by atoms with Crippen molar-refractivity contribution in [2.45, 2.75) is 44.7 Å². The van der Waals surface area contributed by atoms with Crippen LogP contribution in [0.15, 0.2) is 12.1 Å². The Balaban J connectivity index is 2.10. The minimum absolute atomic E-state index is 0.180. The zero-order valence-corrected chi connectivity index (χ0v) is 12.9. The van der Waals surface area contributed by atoms with Crippen LogP contribution in [0.4, 0.5) is 5.82 Å². The first kappa shape index (κ1) is 15.5.